The Morgan fingerprint density at radius 2 is 1.94 bits per heavy atom. The van der Waals surface area contributed by atoms with Gasteiger partial charge < -0.3 is 10.6 Å². The van der Waals surface area contributed by atoms with Gasteiger partial charge in [-0.05, 0) is 43.5 Å². The van der Waals surface area contributed by atoms with Crippen molar-refractivity contribution in [1.82, 2.24) is 5.32 Å². The molecule has 0 unspecified atom stereocenters. The number of thioether (sulfide) groups is 1. The van der Waals surface area contributed by atoms with Crippen LogP contribution in [-0.4, -0.2) is 24.7 Å². The van der Waals surface area contributed by atoms with Gasteiger partial charge in [0.15, 0.2) is 0 Å². The Hall–Kier alpha value is -1.00. The second-order valence-electron chi connectivity index (χ2n) is 4.49. The summed E-state index contributed by atoms with van der Waals surface area (Å²) in [5.74, 6) is 0.0810. The van der Waals surface area contributed by atoms with Crippen LogP contribution in [0.4, 0.5) is 5.69 Å². The highest BCUT2D eigenvalue weighted by molar-refractivity contribution is 7.98. The van der Waals surface area contributed by atoms with Gasteiger partial charge in [0.1, 0.15) is 0 Å². The van der Waals surface area contributed by atoms with E-state index in [0.29, 0.717) is 12.5 Å². The molecule has 0 aromatic heterocycles. The summed E-state index contributed by atoms with van der Waals surface area (Å²) in [7, 11) is 0. The van der Waals surface area contributed by atoms with Gasteiger partial charge in [0.25, 0.3) is 0 Å². The second-order valence-corrected chi connectivity index (χ2v) is 5.37. The van der Waals surface area contributed by atoms with Gasteiger partial charge >= 0.3 is 0 Å². The lowest BCUT2D eigenvalue weighted by Gasteiger charge is -2.08. The third-order valence-electron chi connectivity index (χ3n) is 2.51. The molecule has 0 atom stereocenters. The van der Waals surface area contributed by atoms with Gasteiger partial charge in [0.2, 0.25) is 5.91 Å². The predicted octanol–water partition coefficient (Wildman–Crippen LogP) is 3.13. The molecular weight excluding hydrogens is 244 g/mol. The number of hydrogen-bond donors (Lipinski definition) is 2. The summed E-state index contributed by atoms with van der Waals surface area (Å²) in [5, 5.41) is 6.20. The highest BCUT2D eigenvalue weighted by atomic mass is 32.2. The van der Waals surface area contributed by atoms with Crippen molar-refractivity contribution in [2.45, 2.75) is 37.6 Å². The van der Waals surface area contributed by atoms with E-state index in [0.717, 1.165) is 18.7 Å². The molecule has 0 bridgehead atoms. The van der Waals surface area contributed by atoms with Gasteiger partial charge in [0.05, 0.1) is 0 Å². The van der Waals surface area contributed by atoms with E-state index in [2.05, 4.69) is 24.5 Å². The Morgan fingerprint density at radius 1 is 1.28 bits per heavy atom. The molecule has 1 aromatic rings. The molecule has 0 spiro atoms. The summed E-state index contributed by atoms with van der Waals surface area (Å²) >= 11 is 1.69. The maximum Gasteiger partial charge on any atom is 0.224 e. The van der Waals surface area contributed by atoms with Crippen LogP contribution in [0.5, 0.6) is 0 Å². The summed E-state index contributed by atoms with van der Waals surface area (Å²) in [6, 6.07) is 8.39. The van der Waals surface area contributed by atoms with Crippen LogP contribution in [0.2, 0.25) is 0 Å². The summed E-state index contributed by atoms with van der Waals surface area (Å²) < 4.78 is 0. The molecule has 100 valence electrons. The van der Waals surface area contributed by atoms with Crippen LogP contribution in [0.1, 0.15) is 26.7 Å². The second kappa shape index (κ2) is 8.16. The molecule has 1 amide bonds. The molecule has 0 aliphatic rings. The van der Waals surface area contributed by atoms with Crippen LogP contribution < -0.4 is 10.6 Å². The third kappa shape index (κ3) is 6.07. The van der Waals surface area contributed by atoms with Crippen molar-refractivity contribution in [1.29, 1.82) is 0 Å². The van der Waals surface area contributed by atoms with Gasteiger partial charge in [-0.25, -0.2) is 0 Å². The lowest BCUT2D eigenvalue weighted by Crippen LogP contribution is -2.24. The molecule has 0 radical (unpaired) electrons. The third-order valence-corrected chi connectivity index (χ3v) is 3.25. The van der Waals surface area contributed by atoms with E-state index in [-0.39, 0.29) is 5.91 Å². The van der Waals surface area contributed by atoms with Crippen molar-refractivity contribution in [3.05, 3.63) is 24.3 Å². The van der Waals surface area contributed by atoms with E-state index >= 15 is 0 Å². The van der Waals surface area contributed by atoms with E-state index in [4.69, 9.17) is 0 Å². The van der Waals surface area contributed by atoms with E-state index in [1.807, 2.05) is 30.5 Å². The zero-order chi connectivity index (χ0) is 13.4. The maximum absolute atomic E-state index is 11.7. The van der Waals surface area contributed by atoms with E-state index in [9.17, 15) is 4.79 Å². The fraction of sp³-hybridized carbons (Fsp3) is 0.500. The van der Waals surface area contributed by atoms with Crippen LogP contribution in [0, 0.1) is 0 Å². The Labute approximate surface area is 114 Å². The number of carbonyl (C=O) groups is 1. The van der Waals surface area contributed by atoms with Crippen LogP contribution in [-0.2, 0) is 4.79 Å². The number of amides is 1. The van der Waals surface area contributed by atoms with E-state index in [1.54, 1.807) is 11.8 Å². The number of hydrogen-bond acceptors (Lipinski definition) is 3. The fourth-order valence-corrected chi connectivity index (χ4v) is 1.95. The van der Waals surface area contributed by atoms with Gasteiger partial charge in [-0.3, -0.25) is 4.79 Å². The summed E-state index contributed by atoms with van der Waals surface area (Å²) in [6.07, 6.45) is 3.46. The molecule has 0 saturated carbocycles. The standard InChI is InChI=1S/C14H22N2OS/c1-11(2)15-10-4-5-14(17)16-12-6-8-13(18-3)9-7-12/h6-9,11,15H,4-5,10H2,1-3H3,(H,16,17). The first-order valence-electron chi connectivity index (χ1n) is 6.29. The molecule has 1 aromatic carbocycles. The number of rotatable bonds is 7. The maximum atomic E-state index is 11.7. The van der Waals surface area contributed by atoms with Gasteiger partial charge in [-0.2, -0.15) is 0 Å². The van der Waals surface area contributed by atoms with Crippen molar-refractivity contribution >= 4 is 23.4 Å². The molecule has 4 heteroatoms. The zero-order valence-corrected chi connectivity index (χ0v) is 12.1. The minimum atomic E-state index is 0.0810. The fourth-order valence-electron chi connectivity index (χ4n) is 1.54. The summed E-state index contributed by atoms with van der Waals surface area (Å²) in [5.41, 5.74) is 0.870. The predicted molar refractivity (Wildman–Crippen MR) is 79.2 cm³/mol. The molecular formula is C14H22N2OS. The molecule has 0 saturated heterocycles. The van der Waals surface area contributed by atoms with Gasteiger partial charge in [-0.15, -0.1) is 11.8 Å². The smallest absolute Gasteiger partial charge is 0.224 e. The Morgan fingerprint density at radius 3 is 2.50 bits per heavy atom. The minimum Gasteiger partial charge on any atom is -0.326 e. The average molecular weight is 266 g/mol. The lowest BCUT2D eigenvalue weighted by molar-refractivity contribution is -0.116. The van der Waals surface area contributed by atoms with Crippen molar-refractivity contribution < 1.29 is 4.79 Å². The number of anilines is 1. The van der Waals surface area contributed by atoms with Crippen LogP contribution in [0.15, 0.2) is 29.2 Å². The Kier molecular flexibility index (Phi) is 6.83. The quantitative estimate of drug-likeness (QED) is 0.588. The molecule has 3 nitrogen and oxygen atoms in total. The monoisotopic (exact) mass is 266 g/mol. The first-order valence-corrected chi connectivity index (χ1v) is 7.51. The Bertz CT molecular complexity index is 363. The summed E-state index contributed by atoms with van der Waals surface area (Å²) in [4.78, 5) is 12.9. The van der Waals surface area contributed by atoms with Crippen molar-refractivity contribution in [2.24, 2.45) is 0 Å². The van der Waals surface area contributed by atoms with Gasteiger partial charge in [-0.1, -0.05) is 13.8 Å². The van der Waals surface area contributed by atoms with Crippen LogP contribution >= 0.6 is 11.8 Å². The zero-order valence-electron chi connectivity index (χ0n) is 11.3. The molecule has 2 N–H and O–H groups in total. The first-order chi connectivity index (χ1) is 8.61. The minimum absolute atomic E-state index is 0.0810. The summed E-state index contributed by atoms with van der Waals surface area (Å²) in [6.45, 7) is 5.09. The molecule has 0 aliphatic heterocycles. The van der Waals surface area contributed by atoms with Gasteiger partial charge in [0, 0.05) is 23.0 Å². The van der Waals surface area contributed by atoms with Crippen molar-refractivity contribution in [3.8, 4) is 0 Å². The SMILES string of the molecule is CSc1ccc(NC(=O)CCCNC(C)C)cc1. The highest BCUT2D eigenvalue weighted by Crippen LogP contribution is 2.17. The molecule has 18 heavy (non-hydrogen) atoms. The molecule has 0 fully saturated rings. The topological polar surface area (TPSA) is 41.1 Å². The van der Waals surface area contributed by atoms with E-state index in [1.165, 1.54) is 4.90 Å². The number of nitrogens with one attached hydrogen (secondary N) is 2. The average Bonchev–Trinajstić information content (AvgIpc) is 2.35. The largest absolute Gasteiger partial charge is 0.326 e. The first kappa shape index (κ1) is 15.1. The highest BCUT2D eigenvalue weighted by Gasteiger charge is 2.02. The molecule has 0 heterocycles. The normalized spacial score (nSPS) is 10.7. The lowest BCUT2D eigenvalue weighted by atomic mass is 10.2. The van der Waals surface area contributed by atoms with Crippen LogP contribution in [0.25, 0.3) is 0 Å². The molecule has 0 aliphatic carbocycles. The van der Waals surface area contributed by atoms with Crippen molar-refractivity contribution in [2.75, 3.05) is 18.1 Å². The van der Waals surface area contributed by atoms with Crippen LogP contribution in [0.3, 0.4) is 0 Å². The molecule has 1 rings (SSSR count). The van der Waals surface area contributed by atoms with Crippen molar-refractivity contribution in [3.63, 3.8) is 0 Å². The van der Waals surface area contributed by atoms with E-state index < -0.39 is 0 Å². The Balaban J connectivity index is 2.26. The number of carbonyl (C=O) groups excluding carboxylic acids is 1. The number of benzene rings is 1.